The second-order valence-electron chi connectivity index (χ2n) is 8.10. The molecule has 2 aromatic rings. The van der Waals surface area contributed by atoms with E-state index >= 15 is 0 Å². The van der Waals surface area contributed by atoms with Crippen molar-refractivity contribution in [2.75, 3.05) is 20.1 Å². The SMILES string of the molecule is C[NH+](c1ncnc2[nH]ccc12)C1CC2CN(C(=O)C(C)(C)O)CC2C1. The molecule has 2 fully saturated rings. The van der Waals surface area contributed by atoms with Crippen molar-refractivity contribution in [1.82, 2.24) is 19.9 Å². The van der Waals surface area contributed by atoms with Gasteiger partial charge in [0, 0.05) is 32.1 Å². The van der Waals surface area contributed by atoms with Crippen LogP contribution in [0, 0.1) is 11.8 Å². The second-order valence-corrected chi connectivity index (χ2v) is 8.10. The zero-order valence-electron chi connectivity index (χ0n) is 15.0. The lowest BCUT2D eigenvalue weighted by Gasteiger charge is -2.27. The van der Waals surface area contributed by atoms with Gasteiger partial charge in [0.25, 0.3) is 5.91 Å². The topological polar surface area (TPSA) is 86.6 Å². The molecule has 25 heavy (non-hydrogen) atoms. The van der Waals surface area contributed by atoms with Crippen molar-refractivity contribution in [2.45, 2.75) is 38.3 Å². The summed E-state index contributed by atoms with van der Waals surface area (Å²) in [5.74, 6) is 1.94. The average Bonchev–Trinajstić information content (AvgIpc) is 3.25. The summed E-state index contributed by atoms with van der Waals surface area (Å²) >= 11 is 0. The lowest BCUT2D eigenvalue weighted by atomic mass is 10.0. The van der Waals surface area contributed by atoms with Gasteiger partial charge in [-0.3, -0.25) is 9.69 Å². The lowest BCUT2D eigenvalue weighted by Crippen LogP contribution is -3.08. The highest BCUT2D eigenvalue weighted by atomic mass is 16.3. The molecule has 0 bridgehead atoms. The quantitative estimate of drug-likeness (QED) is 0.738. The number of hydrogen-bond donors (Lipinski definition) is 3. The van der Waals surface area contributed by atoms with Crippen LogP contribution in [0.25, 0.3) is 11.0 Å². The third-order valence-corrected chi connectivity index (χ3v) is 5.90. The van der Waals surface area contributed by atoms with Gasteiger partial charge in [0.15, 0.2) is 0 Å². The molecule has 3 unspecified atom stereocenters. The van der Waals surface area contributed by atoms with Gasteiger partial charge in [-0.05, 0) is 31.7 Å². The molecule has 7 nitrogen and oxygen atoms in total. The number of amides is 1. The maximum absolute atomic E-state index is 12.3. The van der Waals surface area contributed by atoms with Crippen LogP contribution >= 0.6 is 0 Å². The Hall–Kier alpha value is -1.99. The molecule has 134 valence electrons. The standard InChI is InChI=1S/C18H25N5O2/c1-18(2,25)17(24)23-8-11-6-13(7-12(11)9-23)22(3)16-14-4-5-19-15(14)20-10-21-16/h4-5,10-13,25H,6-9H2,1-3H3,(H,19,20,21)/p+1. The molecule has 3 atom stereocenters. The fourth-order valence-electron chi connectivity index (χ4n) is 4.59. The van der Waals surface area contributed by atoms with Gasteiger partial charge >= 0.3 is 0 Å². The summed E-state index contributed by atoms with van der Waals surface area (Å²) < 4.78 is 0. The monoisotopic (exact) mass is 344 g/mol. The fraction of sp³-hybridized carbons (Fsp3) is 0.611. The summed E-state index contributed by atoms with van der Waals surface area (Å²) in [6.45, 7) is 4.67. The van der Waals surface area contributed by atoms with E-state index in [0.717, 1.165) is 42.8 Å². The van der Waals surface area contributed by atoms with Crippen LogP contribution < -0.4 is 4.90 Å². The number of aliphatic hydroxyl groups is 1. The van der Waals surface area contributed by atoms with Crippen LogP contribution in [0.4, 0.5) is 5.82 Å². The predicted octanol–water partition coefficient (Wildman–Crippen LogP) is 0.112. The highest BCUT2D eigenvalue weighted by Gasteiger charge is 2.47. The minimum absolute atomic E-state index is 0.149. The molecule has 1 saturated carbocycles. The van der Waals surface area contributed by atoms with Crippen LogP contribution in [0.5, 0.6) is 0 Å². The number of carbonyl (C=O) groups excluding carboxylic acids is 1. The van der Waals surface area contributed by atoms with E-state index in [4.69, 9.17) is 0 Å². The Labute approximate surface area is 147 Å². The third-order valence-electron chi connectivity index (χ3n) is 5.90. The molecule has 4 rings (SSSR count). The number of nitrogens with one attached hydrogen (secondary N) is 2. The van der Waals surface area contributed by atoms with Crippen LogP contribution in [0.2, 0.25) is 0 Å². The molecule has 3 N–H and O–H groups in total. The molecule has 0 radical (unpaired) electrons. The Morgan fingerprint density at radius 3 is 2.64 bits per heavy atom. The van der Waals surface area contributed by atoms with E-state index < -0.39 is 5.60 Å². The van der Waals surface area contributed by atoms with Crippen LogP contribution in [0.15, 0.2) is 18.6 Å². The second kappa shape index (κ2) is 5.78. The molecular weight excluding hydrogens is 318 g/mol. The molecule has 0 aromatic carbocycles. The molecule has 1 saturated heterocycles. The zero-order chi connectivity index (χ0) is 17.8. The molecule has 1 aliphatic heterocycles. The summed E-state index contributed by atoms with van der Waals surface area (Å²) in [5, 5.41) is 11.0. The highest BCUT2D eigenvalue weighted by molar-refractivity contribution is 5.84. The van der Waals surface area contributed by atoms with Crippen molar-refractivity contribution in [2.24, 2.45) is 11.8 Å². The average molecular weight is 344 g/mol. The Morgan fingerprint density at radius 1 is 1.32 bits per heavy atom. The van der Waals surface area contributed by atoms with Crippen molar-refractivity contribution in [3.8, 4) is 0 Å². The minimum Gasteiger partial charge on any atom is -0.381 e. The van der Waals surface area contributed by atoms with Crippen molar-refractivity contribution in [3.63, 3.8) is 0 Å². The van der Waals surface area contributed by atoms with Gasteiger partial charge in [0.2, 0.25) is 5.82 Å². The van der Waals surface area contributed by atoms with Crippen molar-refractivity contribution in [3.05, 3.63) is 18.6 Å². The number of fused-ring (bicyclic) bond motifs is 2. The fourth-order valence-corrected chi connectivity index (χ4v) is 4.59. The number of carbonyl (C=O) groups is 1. The molecule has 2 aromatic heterocycles. The smallest absolute Gasteiger partial charge is 0.253 e. The summed E-state index contributed by atoms with van der Waals surface area (Å²) in [4.78, 5) is 27.4. The first-order valence-electron chi connectivity index (χ1n) is 8.98. The number of aromatic amines is 1. The van der Waals surface area contributed by atoms with Gasteiger partial charge in [0.1, 0.15) is 23.0 Å². The highest BCUT2D eigenvalue weighted by Crippen LogP contribution is 2.38. The van der Waals surface area contributed by atoms with Crippen LogP contribution in [0.1, 0.15) is 26.7 Å². The normalized spacial score (nSPS) is 27.7. The van der Waals surface area contributed by atoms with Gasteiger partial charge in [-0.25, -0.2) is 4.98 Å². The van der Waals surface area contributed by atoms with Gasteiger partial charge < -0.3 is 15.0 Å². The first-order valence-corrected chi connectivity index (χ1v) is 8.98. The van der Waals surface area contributed by atoms with Gasteiger partial charge in [0.05, 0.1) is 13.1 Å². The summed E-state index contributed by atoms with van der Waals surface area (Å²) in [6.07, 6.45) is 5.70. The number of nitrogens with zero attached hydrogens (tertiary/aromatic N) is 3. The largest absolute Gasteiger partial charge is 0.381 e. The Morgan fingerprint density at radius 2 is 2.00 bits per heavy atom. The molecule has 1 amide bonds. The maximum Gasteiger partial charge on any atom is 0.253 e. The number of quaternary nitrogens is 1. The Bertz CT molecular complexity index is 782. The van der Waals surface area contributed by atoms with E-state index in [-0.39, 0.29) is 5.91 Å². The predicted molar refractivity (Wildman–Crippen MR) is 93.3 cm³/mol. The first kappa shape index (κ1) is 16.5. The molecule has 3 heterocycles. The number of H-pyrrole nitrogens is 1. The lowest BCUT2D eigenvalue weighted by molar-refractivity contribution is -0.840. The molecule has 7 heteroatoms. The Kier molecular flexibility index (Phi) is 3.81. The van der Waals surface area contributed by atoms with E-state index in [1.54, 1.807) is 20.2 Å². The molecule has 2 aliphatic rings. The molecule has 1 aliphatic carbocycles. The van der Waals surface area contributed by atoms with Crippen LogP contribution in [-0.2, 0) is 4.79 Å². The van der Waals surface area contributed by atoms with Gasteiger partial charge in [-0.1, -0.05) is 0 Å². The van der Waals surface area contributed by atoms with Crippen LogP contribution in [-0.4, -0.2) is 62.6 Å². The van der Waals surface area contributed by atoms with E-state index in [0.29, 0.717) is 17.9 Å². The first-order chi connectivity index (χ1) is 11.8. The molecule has 0 spiro atoms. The molecular formula is C18H26N5O2+. The minimum atomic E-state index is -1.28. The number of likely N-dealkylation sites (tertiary alicyclic amines) is 1. The zero-order valence-corrected chi connectivity index (χ0v) is 15.0. The van der Waals surface area contributed by atoms with E-state index in [9.17, 15) is 9.90 Å². The number of hydrogen-bond acceptors (Lipinski definition) is 4. The van der Waals surface area contributed by atoms with Crippen molar-refractivity contribution < 1.29 is 14.8 Å². The Balaban J connectivity index is 1.46. The third kappa shape index (κ3) is 2.81. The summed E-state index contributed by atoms with van der Waals surface area (Å²) in [6, 6.07) is 2.54. The maximum atomic E-state index is 12.3. The van der Waals surface area contributed by atoms with Crippen LogP contribution in [0.3, 0.4) is 0 Å². The number of rotatable bonds is 3. The van der Waals surface area contributed by atoms with Crippen molar-refractivity contribution >= 4 is 22.8 Å². The van der Waals surface area contributed by atoms with Crippen molar-refractivity contribution in [1.29, 1.82) is 0 Å². The van der Waals surface area contributed by atoms with E-state index in [1.807, 2.05) is 17.2 Å². The van der Waals surface area contributed by atoms with Gasteiger partial charge in [-0.15, -0.1) is 0 Å². The summed E-state index contributed by atoms with van der Waals surface area (Å²) in [7, 11) is 2.18. The van der Waals surface area contributed by atoms with Gasteiger partial charge in [-0.2, -0.15) is 4.98 Å². The summed E-state index contributed by atoms with van der Waals surface area (Å²) in [5.41, 5.74) is -0.398. The number of aromatic nitrogens is 3. The van der Waals surface area contributed by atoms with E-state index in [2.05, 4.69) is 22.0 Å². The van der Waals surface area contributed by atoms with E-state index in [1.165, 1.54) is 4.90 Å².